The van der Waals surface area contributed by atoms with Gasteiger partial charge in [0.2, 0.25) is 0 Å². The van der Waals surface area contributed by atoms with Crippen molar-refractivity contribution in [2.24, 2.45) is 0 Å². The standard InChI is InChI=1S/C17H16N2O4S/c20-7-8-22-13-5-2-1-4-12(13)10-18-17(21)15-16(23-11-19-15)14-6-3-9-24-14/h1-6,9,11,20H,7-8,10H2,(H,18,21). The minimum Gasteiger partial charge on any atom is -0.491 e. The molecule has 0 aliphatic heterocycles. The summed E-state index contributed by atoms with van der Waals surface area (Å²) in [7, 11) is 0. The Bertz CT molecular complexity index is 799. The maximum atomic E-state index is 12.4. The zero-order valence-corrected chi connectivity index (χ0v) is 13.6. The number of hydrogen-bond donors (Lipinski definition) is 2. The summed E-state index contributed by atoms with van der Waals surface area (Å²) in [5.41, 5.74) is 1.08. The molecule has 0 saturated heterocycles. The SMILES string of the molecule is O=C(NCc1ccccc1OCCO)c1ncoc1-c1cccs1. The number of aromatic nitrogens is 1. The summed E-state index contributed by atoms with van der Waals surface area (Å²) >= 11 is 1.48. The minimum absolute atomic E-state index is 0.0657. The number of para-hydroxylation sites is 1. The molecule has 6 nitrogen and oxygen atoms in total. The molecule has 0 saturated carbocycles. The summed E-state index contributed by atoms with van der Waals surface area (Å²) in [6.45, 7) is 0.428. The van der Waals surface area contributed by atoms with Gasteiger partial charge in [-0.05, 0) is 17.5 Å². The summed E-state index contributed by atoms with van der Waals surface area (Å²) in [4.78, 5) is 17.3. The number of aliphatic hydroxyl groups excluding tert-OH is 1. The number of hydrogen-bond acceptors (Lipinski definition) is 6. The third-order valence-electron chi connectivity index (χ3n) is 3.29. The molecule has 24 heavy (non-hydrogen) atoms. The number of carbonyl (C=O) groups excluding carboxylic acids is 1. The zero-order valence-electron chi connectivity index (χ0n) is 12.8. The Balaban J connectivity index is 1.70. The first-order valence-corrected chi connectivity index (χ1v) is 8.24. The van der Waals surface area contributed by atoms with Crippen LogP contribution in [0.1, 0.15) is 16.1 Å². The number of nitrogens with one attached hydrogen (secondary N) is 1. The van der Waals surface area contributed by atoms with Gasteiger partial charge in [-0.1, -0.05) is 24.3 Å². The van der Waals surface area contributed by atoms with Gasteiger partial charge in [-0.3, -0.25) is 4.79 Å². The van der Waals surface area contributed by atoms with E-state index in [1.54, 1.807) is 6.07 Å². The highest BCUT2D eigenvalue weighted by atomic mass is 32.1. The first-order valence-electron chi connectivity index (χ1n) is 7.36. The first kappa shape index (κ1) is 16.2. The molecule has 0 radical (unpaired) electrons. The molecule has 0 aliphatic rings. The van der Waals surface area contributed by atoms with Crippen molar-refractivity contribution in [1.82, 2.24) is 10.3 Å². The van der Waals surface area contributed by atoms with E-state index >= 15 is 0 Å². The van der Waals surface area contributed by atoms with Crippen molar-refractivity contribution in [3.63, 3.8) is 0 Å². The number of thiophene rings is 1. The molecule has 0 aliphatic carbocycles. The largest absolute Gasteiger partial charge is 0.491 e. The van der Waals surface area contributed by atoms with Crippen molar-refractivity contribution in [3.8, 4) is 16.4 Å². The van der Waals surface area contributed by atoms with E-state index in [-0.39, 0.29) is 31.4 Å². The van der Waals surface area contributed by atoms with Crippen LogP contribution in [-0.2, 0) is 6.54 Å². The lowest BCUT2D eigenvalue weighted by Gasteiger charge is -2.11. The van der Waals surface area contributed by atoms with Gasteiger partial charge in [0.15, 0.2) is 17.8 Å². The number of carbonyl (C=O) groups is 1. The fourth-order valence-electron chi connectivity index (χ4n) is 2.20. The summed E-state index contributed by atoms with van der Waals surface area (Å²) in [5.74, 6) is 0.780. The smallest absolute Gasteiger partial charge is 0.274 e. The fraction of sp³-hybridized carbons (Fsp3) is 0.176. The summed E-state index contributed by atoms with van der Waals surface area (Å²) in [5, 5.41) is 13.6. The Morgan fingerprint density at radius 3 is 2.96 bits per heavy atom. The van der Waals surface area contributed by atoms with Crippen molar-refractivity contribution in [1.29, 1.82) is 0 Å². The van der Waals surface area contributed by atoms with Gasteiger partial charge in [0.25, 0.3) is 5.91 Å². The van der Waals surface area contributed by atoms with Gasteiger partial charge in [0, 0.05) is 12.1 Å². The van der Waals surface area contributed by atoms with Crippen LogP contribution in [0.4, 0.5) is 0 Å². The summed E-state index contributed by atoms with van der Waals surface area (Å²) in [6.07, 6.45) is 1.27. The number of benzene rings is 1. The number of aliphatic hydroxyl groups is 1. The van der Waals surface area contributed by atoms with E-state index in [9.17, 15) is 4.79 Å². The van der Waals surface area contributed by atoms with Crippen LogP contribution in [-0.4, -0.2) is 29.2 Å². The highest BCUT2D eigenvalue weighted by molar-refractivity contribution is 7.13. The molecule has 3 aromatic rings. The molecule has 124 valence electrons. The first-order chi connectivity index (χ1) is 11.8. The molecule has 1 aromatic carbocycles. The highest BCUT2D eigenvalue weighted by Crippen LogP contribution is 2.27. The fourth-order valence-corrected chi connectivity index (χ4v) is 2.91. The number of amides is 1. The molecule has 2 aromatic heterocycles. The van der Waals surface area contributed by atoms with Gasteiger partial charge >= 0.3 is 0 Å². The van der Waals surface area contributed by atoms with Crippen LogP contribution in [0, 0.1) is 0 Å². The molecule has 0 bridgehead atoms. The summed E-state index contributed by atoms with van der Waals surface area (Å²) in [6, 6.07) is 11.1. The molecule has 1 amide bonds. The average molecular weight is 344 g/mol. The van der Waals surface area contributed by atoms with E-state index in [0.29, 0.717) is 11.5 Å². The van der Waals surface area contributed by atoms with E-state index in [1.807, 2.05) is 35.7 Å². The quantitative estimate of drug-likeness (QED) is 0.688. The molecule has 2 N–H and O–H groups in total. The van der Waals surface area contributed by atoms with Crippen LogP contribution in [0.2, 0.25) is 0 Å². The van der Waals surface area contributed by atoms with Crippen LogP contribution >= 0.6 is 11.3 Å². The number of nitrogens with zero attached hydrogens (tertiary/aromatic N) is 1. The maximum absolute atomic E-state index is 12.4. The molecule has 7 heteroatoms. The lowest BCUT2D eigenvalue weighted by atomic mass is 10.2. The van der Waals surface area contributed by atoms with Crippen LogP contribution in [0.15, 0.2) is 52.6 Å². The number of ether oxygens (including phenoxy) is 1. The van der Waals surface area contributed by atoms with Gasteiger partial charge in [0.05, 0.1) is 11.5 Å². The Labute approximate surface area is 142 Å². The third kappa shape index (κ3) is 3.64. The van der Waals surface area contributed by atoms with E-state index in [2.05, 4.69) is 10.3 Å². The Morgan fingerprint density at radius 1 is 1.29 bits per heavy atom. The van der Waals surface area contributed by atoms with Crippen LogP contribution < -0.4 is 10.1 Å². The van der Waals surface area contributed by atoms with Crippen molar-refractivity contribution < 1.29 is 19.1 Å². The van der Waals surface area contributed by atoms with Crippen molar-refractivity contribution in [2.75, 3.05) is 13.2 Å². The average Bonchev–Trinajstić information content (AvgIpc) is 3.29. The third-order valence-corrected chi connectivity index (χ3v) is 4.16. The molecule has 0 unspecified atom stereocenters. The Morgan fingerprint density at radius 2 is 2.17 bits per heavy atom. The molecular formula is C17H16N2O4S. The summed E-state index contributed by atoms with van der Waals surface area (Å²) < 4.78 is 10.8. The topological polar surface area (TPSA) is 84.6 Å². The van der Waals surface area contributed by atoms with Crippen LogP contribution in [0.5, 0.6) is 5.75 Å². The Kier molecular flexibility index (Phi) is 5.25. The number of oxazole rings is 1. The molecular weight excluding hydrogens is 328 g/mol. The van der Waals surface area contributed by atoms with Gasteiger partial charge < -0.3 is 19.6 Å². The zero-order chi connectivity index (χ0) is 16.8. The second kappa shape index (κ2) is 7.76. The highest BCUT2D eigenvalue weighted by Gasteiger charge is 2.19. The molecule has 0 spiro atoms. The molecule has 0 fully saturated rings. The number of rotatable bonds is 7. The lowest BCUT2D eigenvalue weighted by molar-refractivity contribution is 0.0946. The van der Waals surface area contributed by atoms with Crippen molar-refractivity contribution >= 4 is 17.2 Å². The van der Waals surface area contributed by atoms with Crippen molar-refractivity contribution in [3.05, 3.63) is 59.4 Å². The van der Waals surface area contributed by atoms with E-state index in [1.165, 1.54) is 17.7 Å². The predicted octanol–water partition coefficient (Wildman–Crippen LogP) is 2.70. The van der Waals surface area contributed by atoms with Crippen LogP contribution in [0.3, 0.4) is 0 Å². The van der Waals surface area contributed by atoms with Gasteiger partial charge in [0.1, 0.15) is 12.4 Å². The van der Waals surface area contributed by atoms with E-state index in [4.69, 9.17) is 14.3 Å². The van der Waals surface area contributed by atoms with Gasteiger partial charge in [-0.15, -0.1) is 11.3 Å². The second-order valence-corrected chi connectivity index (χ2v) is 5.82. The molecule has 3 rings (SSSR count). The van der Waals surface area contributed by atoms with Crippen LogP contribution in [0.25, 0.3) is 10.6 Å². The predicted molar refractivity (Wildman–Crippen MR) is 90.0 cm³/mol. The maximum Gasteiger partial charge on any atom is 0.274 e. The lowest BCUT2D eigenvalue weighted by Crippen LogP contribution is -2.24. The second-order valence-electron chi connectivity index (χ2n) is 4.87. The van der Waals surface area contributed by atoms with Gasteiger partial charge in [-0.2, -0.15) is 0 Å². The minimum atomic E-state index is -0.316. The van der Waals surface area contributed by atoms with Gasteiger partial charge in [-0.25, -0.2) is 4.98 Å². The molecule has 2 heterocycles. The Hall–Kier alpha value is -2.64. The monoisotopic (exact) mass is 344 g/mol. The van der Waals surface area contributed by atoms with E-state index < -0.39 is 0 Å². The van der Waals surface area contributed by atoms with E-state index in [0.717, 1.165) is 10.4 Å². The molecule has 0 atom stereocenters. The van der Waals surface area contributed by atoms with Crippen molar-refractivity contribution in [2.45, 2.75) is 6.54 Å². The normalized spacial score (nSPS) is 10.5.